The molecule has 0 amide bonds. The highest BCUT2D eigenvalue weighted by Gasteiger charge is 2.51. The van der Waals surface area contributed by atoms with Crippen molar-refractivity contribution < 1.29 is 32.6 Å². The van der Waals surface area contributed by atoms with E-state index >= 15 is 0 Å². The molecule has 0 bridgehead atoms. The smallest absolute Gasteiger partial charge is 0.333 e. The van der Waals surface area contributed by atoms with Gasteiger partial charge in [0.05, 0.1) is 36.2 Å². The van der Waals surface area contributed by atoms with Crippen molar-refractivity contribution in [3.8, 4) is 16.5 Å². The molecule has 2 aliphatic carbocycles. The number of fused-ring (bicyclic) bond motifs is 2. The molecular weight excluding hydrogens is 596 g/mol. The number of aryl methyl sites for hydroxylation is 1. The number of para-hydroxylation sites is 1. The van der Waals surface area contributed by atoms with E-state index in [1.807, 2.05) is 6.07 Å². The summed E-state index contributed by atoms with van der Waals surface area (Å²) >= 11 is 1.14. The normalized spacial score (nSPS) is 21.9. The number of ether oxygens (including phenoxy) is 2. The number of aliphatic carboxylic acids is 1. The average molecular weight is 630 g/mol. The quantitative estimate of drug-likeness (QED) is 0.254. The first-order valence-corrected chi connectivity index (χ1v) is 15.2. The van der Waals surface area contributed by atoms with E-state index in [0.717, 1.165) is 15.9 Å². The summed E-state index contributed by atoms with van der Waals surface area (Å²) in [5.74, 6) is -3.54. The summed E-state index contributed by atoms with van der Waals surface area (Å²) in [6.45, 7) is 4.20. The van der Waals surface area contributed by atoms with Crippen molar-refractivity contribution in [3.05, 3.63) is 68.7 Å². The third-order valence-electron chi connectivity index (χ3n) is 9.03. The van der Waals surface area contributed by atoms with Crippen LogP contribution in [0, 0.1) is 18.8 Å². The zero-order chi connectivity index (χ0) is 31.6. The molecule has 0 saturated heterocycles. The fraction of sp³-hybridized carbons (Fsp3) is 0.484. The van der Waals surface area contributed by atoms with Gasteiger partial charge in [0, 0.05) is 18.4 Å². The minimum Gasteiger partial charge on any atom is -0.496 e. The maximum atomic E-state index is 14.2. The van der Waals surface area contributed by atoms with Crippen LogP contribution in [0.25, 0.3) is 21.0 Å². The van der Waals surface area contributed by atoms with Gasteiger partial charge >= 0.3 is 11.7 Å². The lowest BCUT2D eigenvalue weighted by molar-refractivity contribution is -0.146. The zero-order valence-corrected chi connectivity index (χ0v) is 25.5. The summed E-state index contributed by atoms with van der Waals surface area (Å²) in [5.41, 5.74) is -2.30. The van der Waals surface area contributed by atoms with Crippen LogP contribution in [0.5, 0.6) is 5.75 Å². The Morgan fingerprint density at radius 2 is 1.91 bits per heavy atom. The zero-order valence-electron chi connectivity index (χ0n) is 24.7. The molecule has 6 rings (SSSR count). The van der Waals surface area contributed by atoms with Gasteiger partial charge in [0.25, 0.3) is 5.56 Å². The van der Waals surface area contributed by atoms with Crippen molar-refractivity contribution >= 4 is 27.5 Å². The van der Waals surface area contributed by atoms with Crippen molar-refractivity contribution in [2.45, 2.75) is 76.7 Å². The third-order valence-corrected chi connectivity index (χ3v) is 10.3. The molecule has 4 atom stereocenters. The molecule has 13 heteroatoms. The molecule has 44 heavy (non-hydrogen) atoms. The van der Waals surface area contributed by atoms with Crippen molar-refractivity contribution in [1.29, 1.82) is 0 Å². The van der Waals surface area contributed by atoms with E-state index in [1.165, 1.54) is 38.0 Å². The molecule has 0 aliphatic heterocycles. The van der Waals surface area contributed by atoms with Gasteiger partial charge in [-0.05, 0) is 57.1 Å². The fourth-order valence-electron chi connectivity index (χ4n) is 6.80. The molecule has 3 aromatic heterocycles. The lowest BCUT2D eigenvalue weighted by Gasteiger charge is -2.27. The van der Waals surface area contributed by atoms with E-state index in [2.05, 4.69) is 4.98 Å². The maximum absolute atomic E-state index is 14.2. The van der Waals surface area contributed by atoms with E-state index < -0.39 is 34.8 Å². The molecular formula is C31H33F2N3O7S. The molecule has 4 aromatic rings. The predicted molar refractivity (Wildman–Crippen MR) is 159 cm³/mol. The molecule has 2 unspecified atom stereocenters. The number of nitrogens with zero attached hydrogens (tertiary/aromatic N) is 3. The van der Waals surface area contributed by atoms with Crippen LogP contribution in [-0.4, -0.2) is 44.3 Å². The lowest BCUT2D eigenvalue weighted by Crippen LogP contribution is -2.52. The molecule has 234 valence electrons. The summed E-state index contributed by atoms with van der Waals surface area (Å²) in [6.07, 6.45) is 2.35. The van der Waals surface area contributed by atoms with Gasteiger partial charge < -0.3 is 19.0 Å². The van der Waals surface area contributed by atoms with Crippen LogP contribution < -0.4 is 16.0 Å². The number of carboxylic acids is 1. The topological polar surface area (TPSA) is 126 Å². The molecule has 2 aliphatic rings. The SMILES string of the molecule is COc1ccccc1C(Cn1c(=O)n(C(C)(C)C(=O)O)c(=O)c2c(C)c(-c3ncco3)sc21)OC1C[C@@H]2CC(F)(F)C[C@@H]2C1. The molecule has 1 aromatic carbocycles. The second-order valence-electron chi connectivity index (χ2n) is 12.2. The Kier molecular flexibility index (Phi) is 7.52. The molecule has 0 radical (unpaired) electrons. The Labute approximate surface area is 254 Å². The number of carboxylic acid groups (broad SMARTS) is 1. The van der Waals surface area contributed by atoms with Crippen LogP contribution in [0.4, 0.5) is 8.78 Å². The number of oxazole rings is 1. The summed E-state index contributed by atoms with van der Waals surface area (Å²) in [4.78, 5) is 45.5. The summed E-state index contributed by atoms with van der Waals surface area (Å²) in [7, 11) is 1.52. The fourth-order valence-corrected chi connectivity index (χ4v) is 8.04. The van der Waals surface area contributed by atoms with Gasteiger partial charge in [-0.25, -0.2) is 27.9 Å². The van der Waals surface area contributed by atoms with Crippen LogP contribution in [0.3, 0.4) is 0 Å². The van der Waals surface area contributed by atoms with E-state index in [4.69, 9.17) is 13.9 Å². The van der Waals surface area contributed by atoms with E-state index in [1.54, 1.807) is 25.1 Å². The number of aromatic nitrogens is 3. The number of carbonyl (C=O) groups is 1. The first kappa shape index (κ1) is 30.2. The van der Waals surface area contributed by atoms with Crippen molar-refractivity contribution in [2.75, 3.05) is 7.11 Å². The molecule has 1 N–H and O–H groups in total. The highest BCUT2D eigenvalue weighted by molar-refractivity contribution is 7.22. The summed E-state index contributed by atoms with van der Waals surface area (Å²) in [6, 6.07) is 7.18. The standard InChI is InChI=1S/C31H33F2N3O7S/c1-16-23-26(37)36(30(2,3)28(38)39)29(40)35(27(23)44-24(16)25-34-9-10-42-25)15-22(20-7-5-6-8-21(20)41-4)43-19-11-17-13-31(32,33)14-18(17)12-19/h5-10,17-19,22H,11-15H2,1-4H3,(H,38,39)/t17-,18+,19?,22?. The number of alkyl halides is 2. The number of hydrogen-bond acceptors (Lipinski definition) is 8. The average Bonchev–Trinajstić information content (AvgIpc) is 3.73. The Bertz CT molecular complexity index is 1830. The van der Waals surface area contributed by atoms with Gasteiger partial charge in [-0.2, -0.15) is 0 Å². The summed E-state index contributed by atoms with van der Waals surface area (Å²) in [5, 5.41) is 10.2. The van der Waals surface area contributed by atoms with Crippen LogP contribution in [-0.2, 0) is 21.6 Å². The van der Waals surface area contributed by atoms with E-state index in [9.17, 15) is 28.3 Å². The Morgan fingerprint density at radius 1 is 1.23 bits per heavy atom. The number of hydrogen-bond donors (Lipinski definition) is 1. The molecule has 0 spiro atoms. The third kappa shape index (κ3) is 5.05. The highest BCUT2D eigenvalue weighted by atomic mass is 32.1. The number of halogens is 2. The largest absolute Gasteiger partial charge is 0.496 e. The lowest BCUT2D eigenvalue weighted by atomic mass is 10.0. The second kappa shape index (κ2) is 11.0. The monoisotopic (exact) mass is 629 g/mol. The van der Waals surface area contributed by atoms with E-state index in [-0.39, 0.29) is 48.6 Å². The first-order chi connectivity index (χ1) is 20.8. The minimum atomic E-state index is -2.66. The molecule has 2 fully saturated rings. The van der Waals surface area contributed by atoms with E-state index in [0.29, 0.717) is 39.4 Å². The van der Waals surface area contributed by atoms with Gasteiger partial charge in [0.15, 0.2) is 0 Å². The maximum Gasteiger partial charge on any atom is 0.333 e. The summed E-state index contributed by atoms with van der Waals surface area (Å²) < 4.78 is 48.1. The number of thiophene rings is 1. The van der Waals surface area contributed by atoms with Crippen molar-refractivity contribution in [3.63, 3.8) is 0 Å². The van der Waals surface area contributed by atoms with Gasteiger partial charge in [0.1, 0.15) is 28.5 Å². The number of rotatable bonds is 9. The first-order valence-electron chi connectivity index (χ1n) is 14.4. The highest BCUT2D eigenvalue weighted by Crippen LogP contribution is 2.52. The van der Waals surface area contributed by atoms with Crippen molar-refractivity contribution in [1.82, 2.24) is 14.1 Å². The van der Waals surface area contributed by atoms with Gasteiger partial charge in [-0.1, -0.05) is 18.2 Å². The van der Waals surface area contributed by atoms with Gasteiger partial charge in [-0.3, -0.25) is 9.36 Å². The predicted octanol–water partition coefficient (Wildman–Crippen LogP) is 5.60. The van der Waals surface area contributed by atoms with Crippen molar-refractivity contribution in [2.24, 2.45) is 11.8 Å². The van der Waals surface area contributed by atoms with Gasteiger partial charge in [-0.15, -0.1) is 11.3 Å². The van der Waals surface area contributed by atoms with Gasteiger partial charge in [0.2, 0.25) is 11.8 Å². The minimum absolute atomic E-state index is 0.0986. The molecule has 10 nitrogen and oxygen atoms in total. The second-order valence-corrected chi connectivity index (χ2v) is 13.2. The number of benzene rings is 1. The molecule has 3 heterocycles. The van der Waals surface area contributed by atoms with Crippen LogP contribution in [0.15, 0.2) is 50.7 Å². The number of methoxy groups -OCH3 is 1. The Hall–Kier alpha value is -3.84. The van der Waals surface area contributed by atoms with Crippen LogP contribution in [0.2, 0.25) is 0 Å². The Morgan fingerprint density at radius 3 is 2.52 bits per heavy atom. The Balaban J connectivity index is 1.51. The van der Waals surface area contributed by atoms with Crippen LogP contribution >= 0.6 is 11.3 Å². The molecule has 2 saturated carbocycles. The van der Waals surface area contributed by atoms with Crippen LogP contribution in [0.1, 0.15) is 56.8 Å².